The molecule has 0 radical (unpaired) electrons. The number of aliphatic hydroxyl groups excluding tert-OH is 1. The van der Waals surface area contributed by atoms with Gasteiger partial charge in [-0.3, -0.25) is 14.7 Å². The second-order valence-corrected chi connectivity index (χ2v) is 9.70. The quantitative estimate of drug-likeness (QED) is 0.369. The number of alkyl halides is 3. The lowest BCUT2D eigenvalue weighted by Crippen LogP contribution is -2.49. The predicted molar refractivity (Wildman–Crippen MR) is 137 cm³/mol. The summed E-state index contributed by atoms with van der Waals surface area (Å²) in [6.07, 6.45) is -2.90. The maximum Gasteiger partial charge on any atom is 0.397 e. The third-order valence-electron chi connectivity index (χ3n) is 6.66. The average molecular weight is 540 g/mol. The molecule has 1 atom stereocenters. The van der Waals surface area contributed by atoms with Crippen molar-refractivity contribution in [2.24, 2.45) is 0 Å². The molecular formula is C27H28F3N7O2. The number of amides is 1. The largest absolute Gasteiger partial charge is 0.397 e. The van der Waals surface area contributed by atoms with Crippen molar-refractivity contribution in [2.75, 3.05) is 26.2 Å². The van der Waals surface area contributed by atoms with Crippen LogP contribution in [0.4, 0.5) is 13.2 Å². The van der Waals surface area contributed by atoms with E-state index in [1.165, 1.54) is 11.2 Å². The van der Waals surface area contributed by atoms with Crippen molar-refractivity contribution in [3.8, 4) is 11.3 Å². The van der Waals surface area contributed by atoms with Gasteiger partial charge in [0.1, 0.15) is 18.6 Å². The standard InChI is InChI=1S/C27H28F3N7O2/c1-17(38)22-13-23(33-16-32-22)19-2-3-21-24(11-19)35-25(34-21)12-20-10-18(4-5-31-20)15-36-6-8-37(9-7-36)26(39)14-27(28,29)30/h2-5,10-11,13,16-17,38H,6-9,12,14-15H2,1H3,(H,34,35). The minimum atomic E-state index is -4.48. The minimum Gasteiger partial charge on any atom is -0.387 e. The first-order valence-electron chi connectivity index (χ1n) is 12.6. The third kappa shape index (κ3) is 6.76. The van der Waals surface area contributed by atoms with Gasteiger partial charge in [-0.2, -0.15) is 13.2 Å². The number of piperazine rings is 1. The van der Waals surface area contributed by atoms with Crippen LogP contribution in [0, 0.1) is 0 Å². The molecule has 1 aliphatic rings. The fourth-order valence-electron chi connectivity index (χ4n) is 4.66. The number of nitrogens with zero attached hydrogens (tertiary/aromatic N) is 6. The van der Waals surface area contributed by atoms with Gasteiger partial charge in [0.25, 0.3) is 0 Å². The van der Waals surface area contributed by atoms with Crippen molar-refractivity contribution in [1.82, 2.24) is 34.7 Å². The van der Waals surface area contributed by atoms with Crippen LogP contribution in [0.1, 0.15) is 42.2 Å². The number of carbonyl (C=O) groups excluding carboxylic acids is 1. The summed E-state index contributed by atoms with van der Waals surface area (Å²) < 4.78 is 37.6. The molecule has 12 heteroatoms. The molecule has 2 N–H and O–H groups in total. The number of halogens is 3. The van der Waals surface area contributed by atoms with Gasteiger partial charge in [-0.25, -0.2) is 15.0 Å². The van der Waals surface area contributed by atoms with Crippen LogP contribution in [0.5, 0.6) is 0 Å². The SMILES string of the molecule is CC(O)c1cc(-c2ccc3nc(Cc4cc(CN5CCN(C(=O)CC(F)(F)F)CC5)ccn4)[nH]c3c2)ncn1. The number of benzene rings is 1. The number of pyridine rings is 1. The van der Waals surface area contributed by atoms with Gasteiger partial charge in [-0.05, 0) is 42.8 Å². The van der Waals surface area contributed by atoms with Crippen molar-refractivity contribution in [2.45, 2.75) is 38.6 Å². The number of rotatable bonds is 7. The second kappa shape index (κ2) is 11.1. The molecule has 4 heterocycles. The first-order chi connectivity index (χ1) is 18.6. The summed E-state index contributed by atoms with van der Waals surface area (Å²) in [4.78, 5) is 36.2. The molecule has 1 unspecified atom stereocenters. The van der Waals surface area contributed by atoms with E-state index in [0.29, 0.717) is 37.4 Å². The number of aromatic nitrogens is 5. The Balaban J connectivity index is 1.22. The Morgan fingerprint density at radius 1 is 1.08 bits per heavy atom. The molecule has 9 nitrogen and oxygen atoms in total. The van der Waals surface area contributed by atoms with E-state index in [1.54, 1.807) is 19.2 Å². The maximum atomic E-state index is 12.5. The molecule has 204 valence electrons. The van der Waals surface area contributed by atoms with E-state index in [-0.39, 0.29) is 13.1 Å². The molecule has 0 spiro atoms. The lowest BCUT2D eigenvalue weighted by molar-refractivity contribution is -0.162. The van der Waals surface area contributed by atoms with E-state index < -0.39 is 24.6 Å². The molecule has 39 heavy (non-hydrogen) atoms. The zero-order valence-electron chi connectivity index (χ0n) is 21.3. The van der Waals surface area contributed by atoms with Crippen molar-refractivity contribution >= 4 is 16.9 Å². The highest BCUT2D eigenvalue weighted by molar-refractivity contribution is 5.81. The number of imidazole rings is 1. The highest BCUT2D eigenvalue weighted by Crippen LogP contribution is 2.24. The van der Waals surface area contributed by atoms with Gasteiger partial charge in [-0.1, -0.05) is 6.07 Å². The summed E-state index contributed by atoms with van der Waals surface area (Å²) in [5.41, 5.74) is 5.67. The molecule has 1 amide bonds. The van der Waals surface area contributed by atoms with Gasteiger partial charge in [0, 0.05) is 56.6 Å². The Hall–Kier alpha value is -3.90. The van der Waals surface area contributed by atoms with Crippen LogP contribution in [0.3, 0.4) is 0 Å². The lowest BCUT2D eigenvalue weighted by Gasteiger charge is -2.35. The second-order valence-electron chi connectivity index (χ2n) is 9.70. The van der Waals surface area contributed by atoms with Crippen LogP contribution in [0.25, 0.3) is 22.3 Å². The zero-order valence-corrected chi connectivity index (χ0v) is 21.3. The summed E-state index contributed by atoms with van der Waals surface area (Å²) in [5, 5.41) is 9.82. The van der Waals surface area contributed by atoms with Crippen LogP contribution in [-0.4, -0.2) is 78.1 Å². The normalized spacial score (nSPS) is 15.6. The van der Waals surface area contributed by atoms with Crippen molar-refractivity contribution in [1.29, 1.82) is 0 Å². The first kappa shape index (κ1) is 26.7. The number of fused-ring (bicyclic) bond motifs is 1. The summed E-state index contributed by atoms with van der Waals surface area (Å²) in [5.74, 6) is -0.108. The van der Waals surface area contributed by atoms with E-state index in [0.717, 1.165) is 33.7 Å². The highest BCUT2D eigenvalue weighted by Gasteiger charge is 2.34. The molecule has 1 aliphatic heterocycles. The molecule has 4 aromatic rings. The van der Waals surface area contributed by atoms with Gasteiger partial charge in [0.05, 0.1) is 28.5 Å². The maximum absolute atomic E-state index is 12.5. The number of aromatic amines is 1. The van der Waals surface area contributed by atoms with E-state index in [4.69, 9.17) is 0 Å². The average Bonchev–Trinajstić information content (AvgIpc) is 3.30. The lowest BCUT2D eigenvalue weighted by atomic mass is 10.1. The van der Waals surface area contributed by atoms with Crippen molar-refractivity contribution in [3.05, 3.63) is 71.7 Å². The van der Waals surface area contributed by atoms with Gasteiger partial charge >= 0.3 is 6.18 Å². The number of hydrogen-bond acceptors (Lipinski definition) is 7. The molecule has 1 saturated heterocycles. The van der Waals surface area contributed by atoms with Crippen LogP contribution in [-0.2, 0) is 17.8 Å². The number of hydrogen-bond donors (Lipinski definition) is 2. The van der Waals surface area contributed by atoms with Crippen LogP contribution in [0.15, 0.2) is 48.9 Å². The molecule has 0 aliphatic carbocycles. The van der Waals surface area contributed by atoms with E-state index in [2.05, 4.69) is 29.8 Å². The molecule has 3 aromatic heterocycles. The Kier molecular flexibility index (Phi) is 7.58. The molecule has 5 rings (SSSR count). The van der Waals surface area contributed by atoms with Crippen molar-refractivity contribution < 1.29 is 23.1 Å². The number of carbonyl (C=O) groups is 1. The number of H-pyrrole nitrogens is 1. The van der Waals surface area contributed by atoms with Gasteiger partial charge in [-0.15, -0.1) is 0 Å². The highest BCUT2D eigenvalue weighted by atomic mass is 19.4. The molecular weight excluding hydrogens is 511 g/mol. The van der Waals surface area contributed by atoms with Crippen LogP contribution < -0.4 is 0 Å². The van der Waals surface area contributed by atoms with Gasteiger partial charge < -0.3 is 15.0 Å². The van der Waals surface area contributed by atoms with Crippen LogP contribution >= 0.6 is 0 Å². The Bertz CT molecular complexity index is 1460. The summed E-state index contributed by atoms with van der Waals surface area (Å²) >= 11 is 0. The summed E-state index contributed by atoms with van der Waals surface area (Å²) in [7, 11) is 0. The Morgan fingerprint density at radius 3 is 2.62 bits per heavy atom. The van der Waals surface area contributed by atoms with Crippen molar-refractivity contribution in [3.63, 3.8) is 0 Å². The summed E-state index contributed by atoms with van der Waals surface area (Å²) in [6, 6.07) is 11.5. The monoisotopic (exact) mass is 539 g/mol. The van der Waals surface area contributed by atoms with E-state index in [1.807, 2.05) is 30.3 Å². The molecule has 0 bridgehead atoms. The Morgan fingerprint density at radius 2 is 1.87 bits per heavy atom. The minimum absolute atomic E-state index is 0.281. The van der Waals surface area contributed by atoms with Gasteiger partial charge in [0.2, 0.25) is 5.91 Å². The van der Waals surface area contributed by atoms with Crippen LogP contribution in [0.2, 0.25) is 0 Å². The predicted octanol–water partition coefficient (Wildman–Crippen LogP) is 3.66. The van der Waals surface area contributed by atoms with E-state index in [9.17, 15) is 23.1 Å². The zero-order chi connectivity index (χ0) is 27.6. The van der Waals surface area contributed by atoms with E-state index >= 15 is 0 Å². The fourth-order valence-corrected chi connectivity index (χ4v) is 4.66. The number of aliphatic hydroxyl groups is 1. The topological polar surface area (TPSA) is 111 Å². The molecule has 1 fully saturated rings. The molecule has 1 aromatic carbocycles. The molecule has 0 saturated carbocycles. The Labute approximate surface area is 222 Å². The summed E-state index contributed by atoms with van der Waals surface area (Å²) in [6.45, 7) is 3.86. The number of nitrogens with one attached hydrogen (secondary N) is 1. The van der Waals surface area contributed by atoms with Gasteiger partial charge in [0.15, 0.2) is 0 Å². The third-order valence-corrected chi connectivity index (χ3v) is 6.66. The smallest absolute Gasteiger partial charge is 0.387 e. The fraction of sp³-hybridized carbons (Fsp3) is 0.370. The first-order valence-corrected chi connectivity index (χ1v) is 12.6.